The lowest BCUT2D eigenvalue weighted by atomic mass is 9.95. The van der Waals surface area contributed by atoms with Gasteiger partial charge >= 0.3 is 0 Å². The molecule has 2 aromatic rings. The summed E-state index contributed by atoms with van der Waals surface area (Å²) in [6.07, 6.45) is 1.14. The fourth-order valence-corrected chi connectivity index (χ4v) is 3.60. The molecular weight excluding hydrogens is 366 g/mol. The van der Waals surface area contributed by atoms with Crippen LogP contribution in [0, 0.1) is 5.92 Å². The second kappa shape index (κ2) is 7.60. The first-order valence-corrected chi connectivity index (χ1v) is 10.7. The first-order chi connectivity index (χ1) is 12.8. The Labute approximate surface area is 159 Å². The van der Waals surface area contributed by atoms with Crippen LogP contribution >= 0.6 is 0 Å². The fraction of sp³-hybridized carbons (Fsp3) is 0.350. The maximum atomic E-state index is 12.7. The van der Waals surface area contributed by atoms with Crippen molar-refractivity contribution in [3.05, 3.63) is 53.6 Å². The van der Waals surface area contributed by atoms with Crippen molar-refractivity contribution >= 4 is 15.7 Å². The van der Waals surface area contributed by atoms with Crippen LogP contribution < -0.4 is 14.8 Å². The van der Waals surface area contributed by atoms with Crippen LogP contribution in [0.2, 0.25) is 0 Å². The van der Waals surface area contributed by atoms with Gasteiger partial charge in [-0.1, -0.05) is 19.9 Å². The van der Waals surface area contributed by atoms with E-state index in [1.807, 2.05) is 32.0 Å². The second-order valence-corrected chi connectivity index (χ2v) is 8.91. The lowest BCUT2D eigenvalue weighted by Gasteiger charge is -2.25. The predicted octanol–water partition coefficient (Wildman–Crippen LogP) is 2.99. The minimum atomic E-state index is -3.29. The van der Waals surface area contributed by atoms with Gasteiger partial charge in [-0.15, -0.1) is 0 Å². The molecule has 1 N–H and O–H groups in total. The zero-order valence-electron chi connectivity index (χ0n) is 15.6. The van der Waals surface area contributed by atoms with Gasteiger partial charge in [0.15, 0.2) is 21.3 Å². The molecule has 6 nitrogen and oxygen atoms in total. The standard InChI is InChI=1S/C20H23NO5S/c1-13(2)19(15-6-9-17-18(12-15)26-11-10-25-17)21-20(22)14-4-7-16(8-5-14)27(3,23)24/h4-9,12-13,19H,10-11H2,1-3H3,(H,21,22). The van der Waals surface area contributed by atoms with E-state index in [4.69, 9.17) is 9.47 Å². The van der Waals surface area contributed by atoms with Gasteiger partial charge < -0.3 is 14.8 Å². The summed E-state index contributed by atoms with van der Waals surface area (Å²) in [6, 6.07) is 11.4. The first kappa shape index (κ1) is 19.2. The molecule has 144 valence electrons. The quantitative estimate of drug-likeness (QED) is 0.850. The zero-order valence-corrected chi connectivity index (χ0v) is 16.4. The number of benzene rings is 2. The van der Waals surface area contributed by atoms with Gasteiger partial charge in [0.25, 0.3) is 5.91 Å². The van der Waals surface area contributed by atoms with Gasteiger partial charge in [-0.3, -0.25) is 4.79 Å². The lowest BCUT2D eigenvalue weighted by Crippen LogP contribution is -2.32. The minimum absolute atomic E-state index is 0.145. The van der Waals surface area contributed by atoms with Gasteiger partial charge in [-0.2, -0.15) is 0 Å². The lowest BCUT2D eigenvalue weighted by molar-refractivity contribution is 0.0925. The van der Waals surface area contributed by atoms with Crippen LogP contribution in [0.5, 0.6) is 11.5 Å². The van der Waals surface area contributed by atoms with E-state index >= 15 is 0 Å². The summed E-state index contributed by atoms with van der Waals surface area (Å²) in [5.41, 5.74) is 1.33. The number of ether oxygens (including phenoxy) is 2. The molecule has 0 radical (unpaired) electrons. The summed E-state index contributed by atoms with van der Waals surface area (Å²) in [4.78, 5) is 12.9. The Hall–Kier alpha value is -2.54. The third kappa shape index (κ3) is 4.42. The van der Waals surface area contributed by atoms with Gasteiger partial charge in [0, 0.05) is 11.8 Å². The Morgan fingerprint density at radius 2 is 1.63 bits per heavy atom. The smallest absolute Gasteiger partial charge is 0.251 e. The number of hydrogen-bond acceptors (Lipinski definition) is 5. The monoisotopic (exact) mass is 389 g/mol. The average molecular weight is 389 g/mol. The molecule has 2 aromatic carbocycles. The van der Waals surface area contributed by atoms with Crippen molar-refractivity contribution in [1.29, 1.82) is 0 Å². The molecule has 3 rings (SSSR count). The summed E-state index contributed by atoms with van der Waals surface area (Å²) >= 11 is 0. The van der Waals surface area contributed by atoms with Crippen LogP contribution in [-0.2, 0) is 9.84 Å². The van der Waals surface area contributed by atoms with E-state index < -0.39 is 9.84 Å². The number of sulfone groups is 1. The predicted molar refractivity (Wildman–Crippen MR) is 102 cm³/mol. The van der Waals surface area contributed by atoms with Gasteiger partial charge in [0.05, 0.1) is 10.9 Å². The molecular formula is C20H23NO5S. The molecule has 0 aromatic heterocycles. The number of amides is 1. The van der Waals surface area contributed by atoms with Crippen LogP contribution in [-0.4, -0.2) is 33.8 Å². The Balaban J connectivity index is 1.81. The maximum absolute atomic E-state index is 12.7. The van der Waals surface area contributed by atoms with E-state index in [2.05, 4.69) is 5.32 Å². The van der Waals surface area contributed by atoms with Crippen LogP contribution in [0.3, 0.4) is 0 Å². The van der Waals surface area contributed by atoms with Crippen molar-refractivity contribution in [2.24, 2.45) is 5.92 Å². The van der Waals surface area contributed by atoms with Crippen molar-refractivity contribution in [3.8, 4) is 11.5 Å². The highest BCUT2D eigenvalue weighted by molar-refractivity contribution is 7.90. The fourth-order valence-electron chi connectivity index (χ4n) is 2.97. The van der Waals surface area contributed by atoms with Crippen molar-refractivity contribution in [2.45, 2.75) is 24.8 Å². The zero-order chi connectivity index (χ0) is 19.6. The molecule has 0 saturated heterocycles. The van der Waals surface area contributed by atoms with Gasteiger partial charge in [0.1, 0.15) is 13.2 Å². The number of fused-ring (bicyclic) bond motifs is 1. The second-order valence-electron chi connectivity index (χ2n) is 6.89. The third-order valence-corrected chi connectivity index (χ3v) is 5.55. The molecule has 1 heterocycles. The molecule has 0 fully saturated rings. The molecule has 0 spiro atoms. The van der Waals surface area contributed by atoms with Crippen molar-refractivity contribution < 1.29 is 22.7 Å². The average Bonchev–Trinajstić information content (AvgIpc) is 2.64. The molecule has 1 aliphatic heterocycles. The number of rotatable bonds is 5. The Bertz CT molecular complexity index is 935. The summed E-state index contributed by atoms with van der Waals surface area (Å²) < 4.78 is 34.3. The van der Waals surface area contributed by atoms with E-state index in [1.54, 1.807) is 0 Å². The number of carbonyl (C=O) groups excluding carboxylic acids is 1. The molecule has 27 heavy (non-hydrogen) atoms. The highest BCUT2D eigenvalue weighted by Gasteiger charge is 2.22. The summed E-state index contributed by atoms with van der Waals surface area (Å²) in [5, 5.41) is 3.03. The van der Waals surface area contributed by atoms with Crippen LogP contribution in [0.1, 0.15) is 35.8 Å². The van der Waals surface area contributed by atoms with Crippen LogP contribution in [0.4, 0.5) is 0 Å². The number of carbonyl (C=O) groups is 1. The van der Waals surface area contributed by atoms with Crippen molar-refractivity contribution in [3.63, 3.8) is 0 Å². The SMILES string of the molecule is CC(C)C(NC(=O)c1ccc(S(C)(=O)=O)cc1)c1ccc2c(c1)OCCO2. The molecule has 0 saturated carbocycles. The van der Waals surface area contributed by atoms with Crippen LogP contribution in [0.15, 0.2) is 47.4 Å². The van der Waals surface area contributed by atoms with Crippen molar-refractivity contribution in [2.75, 3.05) is 19.5 Å². The highest BCUT2D eigenvalue weighted by Crippen LogP contribution is 2.34. The van der Waals surface area contributed by atoms with Crippen LogP contribution in [0.25, 0.3) is 0 Å². The van der Waals surface area contributed by atoms with E-state index in [9.17, 15) is 13.2 Å². The van der Waals surface area contributed by atoms with E-state index in [0.29, 0.717) is 30.3 Å². The molecule has 7 heteroatoms. The molecule has 1 aliphatic rings. The third-order valence-electron chi connectivity index (χ3n) is 4.42. The number of hydrogen-bond donors (Lipinski definition) is 1. The minimum Gasteiger partial charge on any atom is -0.486 e. The van der Waals surface area contributed by atoms with E-state index in [-0.39, 0.29) is 22.8 Å². The Kier molecular flexibility index (Phi) is 5.41. The van der Waals surface area contributed by atoms with E-state index in [0.717, 1.165) is 11.8 Å². The molecule has 1 atom stereocenters. The van der Waals surface area contributed by atoms with Crippen molar-refractivity contribution in [1.82, 2.24) is 5.32 Å². The number of nitrogens with one attached hydrogen (secondary N) is 1. The molecule has 0 aliphatic carbocycles. The summed E-state index contributed by atoms with van der Waals surface area (Å²) in [7, 11) is -3.29. The topological polar surface area (TPSA) is 81.7 Å². The van der Waals surface area contributed by atoms with E-state index in [1.165, 1.54) is 24.3 Å². The molecule has 1 amide bonds. The summed E-state index contributed by atoms with van der Waals surface area (Å²) in [5.74, 6) is 1.27. The highest BCUT2D eigenvalue weighted by atomic mass is 32.2. The molecule has 1 unspecified atom stereocenters. The Morgan fingerprint density at radius 3 is 2.22 bits per heavy atom. The molecule has 0 bridgehead atoms. The summed E-state index contributed by atoms with van der Waals surface area (Å²) in [6.45, 7) is 5.07. The Morgan fingerprint density at radius 1 is 1.00 bits per heavy atom. The first-order valence-electron chi connectivity index (χ1n) is 8.76. The normalized spacial score (nSPS) is 14.7. The van der Waals surface area contributed by atoms with Gasteiger partial charge in [0.2, 0.25) is 0 Å². The maximum Gasteiger partial charge on any atom is 0.251 e. The largest absolute Gasteiger partial charge is 0.486 e. The van der Waals surface area contributed by atoms with Gasteiger partial charge in [-0.05, 0) is 47.9 Å². The van der Waals surface area contributed by atoms with Gasteiger partial charge in [-0.25, -0.2) is 8.42 Å².